The van der Waals surface area contributed by atoms with Crippen molar-refractivity contribution in [2.75, 3.05) is 6.61 Å². The summed E-state index contributed by atoms with van der Waals surface area (Å²) in [4.78, 5) is 35.7. The van der Waals surface area contributed by atoms with Crippen molar-refractivity contribution in [3.8, 4) is 0 Å². The fourth-order valence-corrected chi connectivity index (χ4v) is 2.36. The van der Waals surface area contributed by atoms with Crippen LogP contribution in [0.3, 0.4) is 0 Å². The lowest BCUT2D eigenvalue weighted by Gasteiger charge is -2.07. The highest BCUT2D eigenvalue weighted by molar-refractivity contribution is 6.05. The Hall–Kier alpha value is -3.47. The number of amides is 2. The number of rotatable bonds is 4. The third-order valence-electron chi connectivity index (χ3n) is 3.61. The molecule has 5 nitrogen and oxygen atoms in total. The van der Waals surface area contributed by atoms with Gasteiger partial charge in [-0.15, -0.1) is 0 Å². The summed E-state index contributed by atoms with van der Waals surface area (Å²) in [6, 6.07) is 21.1. The van der Waals surface area contributed by atoms with Gasteiger partial charge in [-0.2, -0.15) is 0 Å². The smallest absolute Gasteiger partial charge is 0.338 e. The van der Waals surface area contributed by atoms with Gasteiger partial charge in [-0.25, -0.2) is 4.79 Å². The molecular weight excluding hydrogens is 318 g/mol. The van der Waals surface area contributed by atoms with Crippen molar-refractivity contribution in [3.63, 3.8) is 0 Å². The first-order valence-electron chi connectivity index (χ1n) is 7.68. The number of carbonyl (C=O) groups is 3. The van der Waals surface area contributed by atoms with E-state index in [1.54, 1.807) is 42.5 Å². The van der Waals surface area contributed by atoms with Crippen LogP contribution in [-0.2, 0) is 9.53 Å². The second kappa shape index (κ2) is 7.40. The summed E-state index contributed by atoms with van der Waals surface area (Å²) in [6.07, 6.45) is 0. The number of benzene rings is 3. The normalized spacial score (nSPS) is 10.2. The molecule has 25 heavy (non-hydrogen) atoms. The molecule has 0 aliphatic rings. The molecule has 0 aliphatic carbocycles. The molecule has 1 N–H and O–H groups in total. The fourth-order valence-electron chi connectivity index (χ4n) is 2.36. The van der Waals surface area contributed by atoms with E-state index in [1.165, 1.54) is 0 Å². The number of carbonyl (C=O) groups excluding carboxylic acids is 3. The third-order valence-corrected chi connectivity index (χ3v) is 3.61. The average Bonchev–Trinajstić information content (AvgIpc) is 2.66. The predicted octanol–water partition coefficient (Wildman–Crippen LogP) is 2.95. The Morgan fingerprint density at radius 1 is 0.760 bits per heavy atom. The third kappa shape index (κ3) is 4.09. The summed E-state index contributed by atoms with van der Waals surface area (Å²) in [5.74, 6) is -1.83. The van der Waals surface area contributed by atoms with Gasteiger partial charge in [-0.05, 0) is 35.0 Å². The molecule has 0 aromatic heterocycles. The predicted molar refractivity (Wildman–Crippen MR) is 93.1 cm³/mol. The van der Waals surface area contributed by atoms with Crippen LogP contribution < -0.4 is 5.32 Å². The first-order valence-corrected chi connectivity index (χ1v) is 7.68. The molecule has 0 atom stereocenters. The van der Waals surface area contributed by atoms with Crippen molar-refractivity contribution < 1.29 is 19.1 Å². The molecule has 0 spiro atoms. The van der Waals surface area contributed by atoms with Crippen LogP contribution in [0.2, 0.25) is 0 Å². The molecule has 3 rings (SSSR count). The molecule has 0 unspecified atom stereocenters. The Morgan fingerprint density at radius 3 is 2.20 bits per heavy atom. The molecular formula is C20H15NO4. The van der Waals surface area contributed by atoms with E-state index in [1.807, 2.05) is 30.3 Å². The van der Waals surface area contributed by atoms with E-state index in [9.17, 15) is 14.4 Å². The molecule has 124 valence electrons. The highest BCUT2D eigenvalue weighted by Crippen LogP contribution is 2.16. The van der Waals surface area contributed by atoms with Crippen LogP contribution in [0.4, 0.5) is 0 Å². The summed E-state index contributed by atoms with van der Waals surface area (Å²) in [5.41, 5.74) is 0.706. The lowest BCUT2D eigenvalue weighted by molar-refractivity contribution is -0.123. The van der Waals surface area contributed by atoms with Gasteiger partial charge in [0.2, 0.25) is 0 Å². The second-order valence-electron chi connectivity index (χ2n) is 5.38. The van der Waals surface area contributed by atoms with Gasteiger partial charge in [0, 0.05) is 5.56 Å². The number of fused-ring (bicyclic) bond motifs is 1. The molecule has 0 aliphatic heterocycles. The van der Waals surface area contributed by atoms with Crippen LogP contribution in [-0.4, -0.2) is 24.4 Å². The average molecular weight is 333 g/mol. The molecule has 0 radical (unpaired) electrons. The van der Waals surface area contributed by atoms with Crippen LogP contribution in [0.15, 0.2) is 72.8 Å². The van der Waals surface area contributed by atoms with Gasteiger partial charge >= 0.3 is 5.97 Å². The van der Waals surface area contributed by atoms with Crippen LogP contribution in [0.5, 0.6) is 0 Å². The maximum atomic E-state index is 12.1. The van der Waals surface area contributed by atoms with Crippen molar-refractivity contribution in [1.29, 1.82) is 0 Å². The molecule has 0 heterocycles. The number of imide groups is 1. The Kier molecular flexibility index (Phi) is 4.85. The first kappa shape index (κ1) is 16.4. The van der Waals surface area contributed by atoms with Crippen LogP contribution >= 0.6 is 0 Å². The summed E-state index contributed by atoms with van der Waals surface area (Å²) in [5, 5.41) is 4.09. The topological polar surface area (TPSA) is 72.5 Å². The number of ether oxygens (including phenoxy) is 1. The Labute approximate surface area is 144 Å². The van der Waals surface area contributed by atoms with Crippen LogP contribution in [0.1, 0.15) is 20.7 Å². The lowest BCUT2D eigenvalue weighted by atomic mass is 10.1. The number of hydrogen-bond acceptors (Lipinski definition) is 4. The molecule has 2 amide bonds. The Balaban J connectivity index is 1.57. The second-order valence-corrected chi connectivity index (χ2v) is 5.38. The minimum absolute atomic E-state index is 0.348. The zero-order chi connectivity index (χ0) is 17.6. The number of hydrogen-bond donors (Lipinski definition) is 1. The zero-order valence-corrected chi connectivity index (χ0v) is 13.3. The van der Waals surface area contributed by atoms with Gasteiger partial charge in [0.25, 0.3) is 11.8 Å². The quantitative estimate of drug-likeness (QED) is 0.745. The number of nitrogens with one attached hydrogen (secondary N) is 1. The van der Waals surface area contributed by atoms with Crippen molar-refractivity contribution in [2.45, 2.75) is 0 Å². The van der Waals surface area contributed by atoms with E-state index >= 15 is 0 Å². The standard InChI is InChI=1S/C20H15NO4/c22-18(21-19(23)15-7-2-1-3-8-15)13-25-20(24)17-11-10-14-6-4-5-9-16(14)12-17/h1-12H,13H2,(H,21,22,23). The van der Waals surface area contributed by atoms with Gasteiger partial charge in [-0.1, -0.05) is 48.5 Å². The molecule has 3 aromatic carbocycles. The largest absolute Gasteiger partial charge is 0.452 e. The molecule has 3 aromatic rings. The van der Waals surface area contributed by atoms with E-state index in [-0.39, 0.29) is 0 Å². The van der Waals surface area contributed by atoms with E-state index < -0.39 is 24.4 Å². The Bertz CT molecular complexity index is 935. The van der Waals surface area contributed by atoms with Crippen molar-refractivity contribution >= 4 is 28.6 Å². The minimum atomic E-state index is -0.678. The number of esters is 1. The molecule has 0 fully saturated rings. The monoisotopic (exact) mass is 333 g/mol. The van der Waals surface area contributed by atoms with E-state index in [4.69, 9.17) is 4.74 Å². The summed E-state index contributed by atoms with van der Waals surface area (Å²) in [7, 11) is 0. The van der Waals surface area contributed by atoms with Gasteiger partial charge < -0.3 is 4.74 Å². The van der Waals surface area contributed by atoms with Crippen molar-refractivity contribution in [3.05, 3.63) is 83.9 Å². The van der Waals surface area contributed by atoms with Gasteiger partial charge in [0.15, 0.2) is 6.61 Å². The maximum absolute atomic E-state index is 12.1. The first-order chi connectivity index (χ1) is 12.1. The van der Waals surface area contributed by atoms with Gasteiger partial charge in [0.05, 0.1) is 5.56 Å². The fraction of sp³-hybridized carbons (Fsp3) is 0.0500. The van der Waals surface area contributed by atoms with Crippen LogP contribution in [0.25, 0.3) is 10.8 Å². The summed E-state index contributed by atoms with van der Waals surface area (Å²) < 4.78 is 4.97. The molecule has 0 saturated carbocycles. The Morgan fingerprint density at radius 2 is 1.44 bits per heavy atom. The van der Waals surface area contributed by atoms with Crippen LogP contribution in [0, 0.1) is 0 Å². The highest BCUT2D eigenvalue weighted by Gasteiger charge is 2.13. The molecule has 0 bridgehead atoms. The van der Waals surface area contributed by atoms with Gasteiger partial charge in [0.1, 0.15) is 0 Å². The van der Waals surface area contributed by atoms with Gasteiger partial charge in [-0.3, -0.25) is 14.9 Å². The zero-order valence-electron chi connectivity index (χ0n) is 13.3. The molecule has 5 heteroatoms. The summed E-state index contributed by atoms with van der Waals surface area (Å²) >= 11 is 0. The minimum Gasteiger partial charge on any atom is -0.452 e. The van der Waals surface area contributed by atoms with E-state index in [0.717, 1.165) is 10.8 Å². The van der Waals surface area contributed by atoms with E-state index in [2.05, 4.69) is 5.32 Å². The highest BCUT2D eigenvalue weighted by atomic mass is 16.5. The van der Waals surface area contributed by atoms with E-state index in [0.29, 0.717) is 11.1 Å². The van der Waals surface area contributed by atoms with Crippen molar-refractivity contribution in [1.82, 2.24) is 5.32 Å². The SMILES string of the molecule is O=C(COC(=O)c1ccc2ccccc2c1)NC(=O)c1ccccc1. The molecule has 0 saturated heterocycles. The summed E-state index contributed by atoms with van der Waals surface area (Å²) in [6.45, 7) is -0.524. The lowest BCUT2D eigenvalue weighted by Crippen LogP contribution is -2.34. The maximum Gasteiger partial charge on any atom is 0.338 e. The van der Waals surface area contributed by atoms with Crippen molar-refractivity contribution in [2.24, 2.45) is 0 Å².